The molecule has 0 bridgehead atoms. The van der Waals surface area contributed by atoms with Gasteiger partial charge in [0.25, 0.3) is 0 Å². The lowest BCUT2D eigenvalue weighted by Crippen LogP contribution is -2.04. The molecule has 0 heterocycles. The molecule has 4 aromatic carbocycles. The van der Waals surface area contributed by atoms with E-state index in [1.54, 1.807) is 0 Å². The quantitative estimate of drug-likeness (QED) is 0.239. The fraction of sp³-hybridized carbons (Fsp3) is 0.0769. The van der Waals surface area contributed by atoms with Crippen molar-refractivity contribution >= 4 is 0 Å². The Morgan fingerprint density at radius 1 is 0.405 bits per heavy atom. The van der Waals surface area contributed by atoms with E-state index in [1.165, 1.54) is 0 Å². The van der Waals surface area contributed by atoms with Gasteiger partial charge in [-0.15, -0.1) is 0 Å². The first-order chi connectivity index (χ1) is 17.3. The molecule has 1 nitrogen and oxygen atoms in total. The van der Waals surface area contributed by atoms with E-state index in [1.807, 2.05) is 0 Å². The third kappa shape index (κ3) is 5.25. The molecule has 0 spiro atoms. The summed E-state index contributed by atoms with van der Waals surface area (Å²) in [7, 11) is 0. The molecule has 0 aromatic heterocycles. The molecule has 0 fully saturated rings. The van der Waals surface area contributed by atoms with Crippen LogP contribution >= 0.6 is 0 Å². The minimum atomic E-state index is -4.62. The SMILES string of the molecule is Fc1c(Oc2ccc(-c3ccc(C(F)(F)F)cc3)c(F)c2F)ccc(-c2ccc(C(F)(F)F)cc2)c1F. The maximum Gasteiger partial charge on any atom is 0.416 e. The van der Waals surface area contributed by atoms with E-state index in [0.29, 0.717) is 24.3 Å². The predicted molar refractivity (Wildman–Crippen MR) is 114 cm³/mol. The molecule has 0 aliphatic heterocycles. The van der Waals surface area contributed by atoms with Crippen molar-refractivity contribution in [2.45, 2.75) is 12.4 Å². The Hall–Kier alpha value is -4.02. The molecule has 0 saturated carbocycles. The van der Waals surface area contributed by atoms with E-state index >= 15 is 0 Å². The summed E-state index contributed by atoms with van der Waals surface area (Å²) in [6.45, 7) is 0. The third-order valence-electron chi connectivity index (χ3n) is 5.36. The number of hydrogen-bond donors (Lipinski definition) is 0. The second-order valence-electron chi connectivity index (χ2n) is 7.73. The highest BCUT2D eigenvalue weighted by Gasteiger charge is 2.31. The number of ether oxygens (including phenoxy) is 1. The van der Waals surface area contributed by atoms with Gasteiger partial charge in [0.2, 0.25) is 11.6 Å². The van der Waals surface area contributed by atoms with Crippen LogP contribution in [-0.4, -0.2) is 0 Å². The van der Waals surface area contributed by atoms with Gasteiger partial charge in [-0.25, -0.2) is 8.78 Å². The highest BCUT2D eigenvalue weighted by Crippen LogP contribution is 2.38. The fourth-order valence-corrected chi connectivity index (χ4v) is 3.46. The van der Waals surface area contributed by atoms with Gasteiger partial charge in [0.1, 0.15) is 0 Å². The second kappa shape index (κ2) is 9.45. The van der Waals surface area contributed by atoms with Crippen molar-refractivity contribution in [1.82, 2.24) is 0 Å². The van der Waals surface area contributed by atoms with Crippen molar-refractivity contribution in [1.29, 1.82) is 0 Å². The highest BCUT2D eigenvalue weighted by molar-refractivity contribution is 5.67. The molecule has 0 atom stereocenters. The zero-order valence-electron chi connectivity index (χ0n) is 18.1. The van der Waals surface area contributed by atoms with Gasteiger partial charge in [-0.3, -0.25) is 0 Å². The van der Waals surface area contributed by atoms with E-state index in [9.17, 15) is 43.9 Å². The van der Waals surface area contributed by atoms with Crippen molar-refractivity contribution in [3.05, 3.63) is 107 Å². The number of benzene rings is 4. The Kier molecular flexibility index (Phi) is 6.66. The van der Waals surface area contributed by atoms with Crippen LogP contribution in [0.1, 0.15) is 11.1 Å². The Bertz CT molecular complexity index is 1330. The first-order valence-electron chi connectivity index (χ1n) is 10.3. The largest absolute Gasteiger partial charge is 0.451 e. The van der Waals surface area contributed by atoms with Crippen LogP contribution in [0.25, 0.3) is 22.3 Å². The van der Waals surface area contributed by atoms with Gasteiger partial charge in [-0.2, -0.15) is 35.1 Å². The third-order valence-corrected chi connectivity index (χ3v) is 5.36. The van der Waals surface area contributed by atoms with Crippen LogP contribution < -0.4 is 4.74 Å². The van der Waals surface area contributed by atoms with E-state index in [0.717, 1.165) is 48.5 Å². The summed E-state index contributed by atoms with van der Waals surface area (Å²) in [6, 6.07) is 10.3. The Morgan fingerprint density at radius 2 is 0.730 bits per heavy atom. The molecular weight excluding hydrogens is 518 g/mol. The Morgan fingerprint density at radius 3 is 1.03 bits per heavy atom. The lowest BCUT2D eigenvalue weighted by Gasteiger charge is -2.13. The van der Waals surface area contributed by atoms with E-state index in [4.69, 9.17) is 4.74 Å². The Balaban J connectivity index is 1.61. The molecule has 0 amide bonds. The van der Waals surface area contributed by atoms with E-state index in [-0.39, 0.29) is 11.1 Å². The molecule has 0 radical (unpaired) electrons. The molecule has 4 rings (SSSR count). The highest BCUT2D eigenvalue weighted by atomic mass is 19.4. The lowest BCUT2D eigenvalue weighted by atomic mass is 10.0. The summed E-state index contributed by atoms with van der Waals surface area (Å²) in [5, 5.41) is 0. The van der Waals surface area contributed by atoms with E-state index < -0.39 is 69.4 Å². The zero-order chi connectivity index (χ0) is 27.1. The normalized spacial score (nSPS) is 12.1. The van der Waals surface area contributed by atoms with Crippen LogP contribution in [0, 0.1) is 23.3 Å². The van der Waals surface area contributed by atoms with Crippen LogP contribution in [0.2, 0.25) is 0 Å². The van der Waals surface area contributed by atoms with Crippen molar-refractivity contribution < 1.29 is 48.6 Å². The maximum atomic E-state index is 14.6. The summed E-state index contributed by atoms with van der Waals surface area (Å²) in [5.41, 5.74) is -2.93. The maximum absolute atomic E-state index is 14.6. The minimum absolute atomic E-state index is 0.0749. The van der Waals surface area contributed by atoms with Crippen LogP contribution in [0.3, 0.4) is 0 Å². The van der Waals surface area contributed by atoms with Crippen LogP contribution in [-0.2, 0) is 12.4 Å². The van der Waals surface area contributed by atoms with Gasteiger partial charge < -0.3 is 4.74 Å². The van der Waals surface area contributed by atoms with Gasteiger partial charge in [-0.1, -0.05) is 24.3 Å². The van der Waals surface area contributed by atoms with Crippen molar-refractivity contribution in [2.75, 3.05) is 0 Å². The van der Waals surface area contributed by atoms with Crippen molar-refractivity contribution in [3.8, 4) is 33.8 Å². The smallest absolute Gasteiger partial charge is 0.416 e. The number of hydrogen-bond acceptors (Lipinski definition) is 1. The first kappa shape index (κ1) is 26.1. The van der Waals surface area contributed by atoms with E-state index in [2.05, 4.69) is 0 Å². The van der Waals surface area contributed by atoms with Gasteiger partial charge in [0.05, 0.1) is 11.1 Å². The summed E-state index contributed by atoms with van der Waals surface area (Å²) in [6.07, 6.45) is -9.25. The van der Waals surface area contributed by atoms with Gasteiger partial charge >= 0.3 is 12.4 Å². The monoisotopic (exact) mass is 530 g/mol. The van der Waals surface area contributed by atoms with Gasteiger partial charge in [0.15, 0.2) is 23.1 Å². The molecule has 192 valence electrons. The number of rotatable bonds is 4. The molecule has 0 N–H and O–H groups in total. The number of alkyl halides is 6. The fourth-order valence-electron chi connectivity index (χ4n) is 3.46. The molecule has 0 saturated heterocycles. The van der Waals surface area contributed by atoms with Crippen molar-refractivity contribution in [3.63, 3.8) is 0 Å². The molecule has 0 unspecified atom stereocenters. The zero-order valence-corrected chi connectivity index (χ0v) is 18.1. The standard InChI is InChI=1S/C26H12F10O/c27-21-17(13-1-5-15(6-2-13)25(31,32)33)9-11-19(23(21)29)37-20-12-10-18(22(28)24(20)30)14-3-7-16(8-4-14)26(34,35)36/h1-12H. The Labute approximate surface area is 202 Å². The minimum Gasteiger partial charge on any atom is -0.451 e. The first-order valence-corrected chi connectivity index (χ1v) is 10.3. The summed E-state index contributed by atoms with van der Waals surface area (Å²) >= 11 is 0. The molecular formula is C26H12F10O. The van der Waals surface area contributed by atoms with Crippen LogP contribution in [0.15, 0.2) is 72.8 Å². The summed E-state index contributed by atoms with van der Waals surface area (Å²) in [4.78, 5) is 0. The summed E-state index contributed by atoms with van der Waals surface area (Å²) in [5.74, 6) is -7.89. The van der Waals surface area contributed by atoms with Crippen LogP contribution in [0.5, 0.6) is 11.5 Å². The molecule has 11 heteroatoms. The van der Waals surface area contributed by atoms with Crippen molar-refractivity contribution in [2.24, 2.45) is 0 Å². The molecule has 4 aromatic rings. The number of halogens is 10. The predicted octanol–water partition coefficient (Wildman–Crippen LogP) is 9.41. The van der Waals surface area contributed by atoms with Gasteiger partial charge in [-0.05, 0) is 59.7 Å². The molecule has 0 aliphatic carbocycles. The average molecular weight is 530 g/mol. The van der Waals surface area contributed by atoms with Gasteiger partial charge in [0, 0.05) is 11.1 Å². The lowest BCUT2D eigenvalue weighted by molar-refractivity contribution is -0.138. The summed E-state index contributed by atoms with van der Waals surface area (Å²) < 4.78 is 140. The molecule has 37 heavy (non-hydrogen) atoms. The van der Waals surface area contributed by atoms with Crippen LogP contribution in [0.4, 0.5) is 43.9 Å². The average Bonchev–Trinajstić information content (AvgIpc) is 2.84. The second-order valence-corrected chi connectivity index (χ2v) is 7.73. The topological polar surface area (TPSA) is 9.23 Å². The molecule has 0 aliphatic rings.